The van der Waals surface area contributed by atoms with Crippen LogP contribution < -0.4 is 10.6 Å². The molecule has 9 nitrogen and oxygen atoms in total. The van der Waals surface area contributed by atoms with Gasteiger partial charge < -0.3 is 30.0 Å². The van der Waals surface area contributed by atoms with E-state index in [9.17, 15) is 14.7 Å². The summed E-state index contributed by atoms with van der Waals surface area (Å²) < 4.78 is 20.1. The Hall–Kier alpha value is -4.26. The minimum atomic E-state index is -0.811. The summed E-state index contributed by atoms with van der Waals surface area (Å²) in [5.74, 6) is 0.212. The van der Waals surface area contributed by atoms with Crippen molar-refractivity contribution in [3.63, 3.8) is 0 Å². The van der Waals surface area contributed by atoms with Gasteiger partial charge in [0.05, 0.1) is 36.1 Å². The fraction of sp³-hybridized carbons (Fsp3) is 0.270. The van der Waals surface area contributed by atoms with E-state index in [1.807, 2.05) is 97.1 Å². The first kappa shape index (κ1) is 33.6. The molecule has 1 fully saturated rings. The van der Waals surface area contributed by atoms with Gasteiger partial charge in [-0.25, -0.2) is 14.6 Å². The number of hydrogen-bond acceptors (Lipinski definition) is 9. The SMILES string of the molecule is COC(=O)C(Cc1ccccc1)NC(=O)NCc1ccc(C2OC(CSc3nc4ccccc4s3)CC(c3ccc(CO)cc3)O2)cc1. The molecule has 4 unspecified atom stereocenters. The van der Waals surface area contributed by atoms with Crippen molar-refractivity contribution in [1.29, 1.82) is 0 Å². The molecule has 248 valence electrons. The molecule has 0 saturated carbocycles. The molecular weight excluding hydrogens is 647 g/mol. The van der Waals surface area contributed by atoms with Gasteiger partial charge in [-0.15, -0.1) is 11.3 Å². The van der Waals surface area contributed by atoms with Crippen molar-refractivity contribution in [2.24, 2.45) is 0 Å². The number of urea groups is 1. The lowest BCUT2D eigenvalue weighted by Crippen LogP contribution is -2.47. The zero-order chi connectivity index (χ0) is 33.3. The summed E-state index contributed by atoms with van der Waals surface area (Å²) in [5, 5.41) is 15.1. The number of fused-ring (bicyclic) bond motifs is 1. The van der Waals surface area contributed by atoms with Crippen molar-refractivity contribution in [3.8, 4) is 0 Å². The number of nitrogens with one attached hydrogen (secondary N) is 2. The van der Waals surface area contributed by atoms with E-state index in [0.29, 0.717) is 12.8 Å². The molecule has 1 aromatic heterocycles. The third-order valence-corrected chi connectivity index (χ3v) is 10.4. The van der Waals surface area contributed by atoms with Crippen molar-refractivity contribution in [1.82, 2.24) is 15.6 Å². The summed E-state index contributed by atoms with van der Waals surface area (Å²) in [6.45, 7) is 0.250. The molecule has 1 aliphatic heterocycles. The number of carbonyl (C=O) groups is 2. The predicted molar refractivity (Wildman–Crippen MR) is 187 cm³/mol. The summed E-state index contributed by atoms with van der Waals surface area (Å²) in [6.07, 6.45) is 0.129. The van der Waals surface area contributed by atoms with Gasteiger partial charge in [0.25, 0.3) is 0 Å². The van der Waals surface area contributed by atoms with Crippen molar-refractivity contribution in [3.05, 3.63) is 131 Å². The first-order valence-corrected chi connectivity index (χ1v) is 17.5. The van der Waals surface area contributed by atoms with Crippen LogP contribution in [0, 0.1) is 0 Å². The predicted octanol–water partition coefficient (Wildman–Crippen LogP) is 6.71. The lowest BCUT2D eigenvalue weighted by molar-refractivity contribution is -0.245. The van der Waals surface area contributed by atoms with Crippen LogP contribution in [0.15, 0.2) is 107 Å². The molecule has 0 bridgehead atoms. The third-order valence-electron chi connectivity index (χ3n) is 8.06. The number of thioether (sulfide) groups is 1. The minimum absolute atomic E-state index is 0.0125. The van der Waals surface area contributed by atoms with E-state index in [4.69, 9.17) is 19.2 Å². The number of aliphatic hydroxyl groups is 1. The molecule has 48 heavy (non-hydrogen) atoms. The summed E-state index contributed by atoms with van der Waals surface area (Å²) in [5.41, 5.74) is 5.53. The number of ether oxygens (including phenoxy) is 3. The maximum atomic E-state index is 12.7. The van der Waals surface area contributed by atoms with Crippen LogP contribution in [0.5, 0.6) is 0 Å². The van der Waals surface area contributed by atoms with E-state index in [1.54, 1.807) is 23.1 Å². The van der Waals surface area contributed by atoms with Crippen LogP contribution in [-0.4, -0.2) is 47.1 Å². The average molecular weight is 684 g/mol. The lowest BCUT2D eigenvalue weighted by Gasteiger charge is -2.36. The first-order chi connectivity index (χ1) is 23.5. The number of hydrogen-bond donors (Lipinski definition) is 3. The van der Waals surface area contributed by atoms with Crippen LogP contribution in [0.25, 0.3) is 10.2 Å². The Morgan fingerprint density at radius 2 is 1.62 bits per heavy atom. The van der Waals surface area contributed by atoms with Crippen molar-refractivity contribution < 1.29 is 28.9 Å². The van der Waals surface area contributed by atoms with Gasteiger partial charge in [0, 0.05) is 30.7 Å². The topological polar surface area (TPSA) is 119 Å². The third kappa shape index (κ3) is 8.80. The van der Waals surface area contributed by atoms with Gasteiger partial charge in [-0.1, -0.05) is 103 Å². The summed E-state index contributed by atoms with van der Waals surface area (Å²) in [4.78, 5) is 29.8. The van der Waals surface area contributed by atoms with Crippen molar-refractivity contribution in [2.75, 3.05) is 12.9 Å². The van der Waals surface area contributed by atoms with Gasteiger partial charge in [-0.3, -0.25) is 0 Å². The number of aliphatic hydroxyl groups excluding tert-OH is 1. The Labute approximate surface area is 287 Å². The monoisotopic (exact) mass is 683 g/mol. The van der Waals surface area contributed by atoms with Crippen LogP contribution in [0.4, 0.5) is 4.79 Å². The second-order valence-corrected chi connectivity index (χ2v) is 13.7. The van der Waals surface area contributed by atoms with Gasteiger partial charge in [0.15, 0.2) is 10.6 Å². The smallest absolute Gasteiger partial charge is 0.328 e. The average Bonchev–Trinajstić information content (AvgIpc) is 3.56. The van der Waals surface area contributed by atoms with Crippen molar-refractivity contribution >= 4 is 45.3 Å². The zero-order valence-corrected chi connectivity index (χ0v) is 28.0. The quantitative estimate of drug-likeness (QED) is 0.0982. The Bertz CT molecular complexity index is 1770. The van der Waals surface area contributed by atoms with E-state index >= 15 is 0 Å². The summed E-state index contributed by atoms with van der Waals surface area (Å²) >= 11 is 3.37. The minimum Gasteiger partial charge on any atom is -0.467 e. The normalized spacial score (nSPS) is 18.2. The number of carbonyl (C=O) groups excluding carboxylic acids is 2. The molecule has 1 aliphatic rings. The fourth-order valence-corrected chi connectivity index (χ4v) is 7.58. The van der Waals surface area contributed by atoms with E-state index in [-0.39, 0.29) is 25.4 Å². The number of esters is 1. The van der Waals surface area contributed by atoms with Gasteiger partial charge >= 0.3 is 12.0 Å². The highest BCUT2D eigenvalue weighted by Crippen LogP contribution is 2.40. The second-order valence-electron chi connectivity index (χ2n) is 11.4. The highest BCUT2D eigenvalue weighted by molar-refractivity contribution is 8.01. The number of aromatic nitrogens is 1. The largest absolute Gasteiger partial charge is 0.467 e. The van der Waals surface area contributed by atoms with Gasteiger partial charge in [-0.2, -0.15) is 0 Å². The van der Waals surface area contributed by atoms with E-state index in [2.05, 4.69) is 16.7 Å². The highest BCUT2D eigenvalue weighted by atomic mass is 32.2. The fourth-order valence-electron chi connectivity index (χ4n) is 5.47. The summed E-state index contributed by atoms with van der Waals surface area (Å²) in [7, 11) is 1.31. The number of rotatable bonds is 12. The van der Waals surface area contributed by atoms with E-state index < -0.39 is 24.3 Å². The van der Waals surface area contributed by atoms with E-state index in [1.165, 1.54) is 7.11 Å². The zero-order valence-electron chi connectivity index (χ0n) is 26.4. The lowest BCUT2D eigenvalue weighted by atomic mass is 10.0. The van der Waals surface area contributed by atoms with Gasteiger partial charge in [0.2, 0.25) is 0 Å². The molecule has 2 heterocycles. The number of nitrogens with zero attached hydrogens (tertiary/aromatic N) is 1. The molecular formula is C37H37N3O6S2. The molecule has 0 radical (unpaired) electrons. The molecule has 0 spiro atoms. The number of para-hydroxylation sites is 1. The molecule has 11 heteroatoms. The molecule has 3 N–H and O–H groups in total. The Morgan fingerprint density at radius 1 is 0.917 bits per heavy atom. The van der Waals surface area contributed by atoms with Crippen LogP contribution in [0.2, 0.25) is 0 Å². The van der Waals surface area contributed by atoms with Gasteiger partial charge in [0.1, 0.15) is 6.04 Å². The number of thiazole rings is 1. The second kappa shape index (κ2) is 16.2. The number of benzene rings is 4. The molecule has 2 amide bonds. The molecule has 5 aromatic rings. The molecule has 4 atom stereocenters. The number of amides is 2. The first-order valence-electron chi connectivity index (χ1n) is 15.7. The molecule has 1 saturated heterocycles. The van der Waals surface area contributed by atoms with E-state index in [0.717, 1.165) is 48.1 Å². The van der Waals surface area contributed by atoms with Crippen LogP contribution >= 0.6 is 23.1 Å². The Morgan fingerprint density at radius 3 is 2.35 bits per heavy atom. The molecule has 4 aromatic carbocycles. The summed E-state index contributed by atoms with van der Waals surface area (Å²) in [6, 6.07) is 31.9. The Kier molecular flexibility index (Phi) is 11.4. The van der Waals surface area contributed by atoms with Gasteiger partial charge in [-0.05, 0) is 34.4 Å². The Balaban J connectivity index is 1.09. The highest BCUT2D eigenvalue weighted by Gasteiger charge is 2.32. The van der Waals surface area contributed by atoms with Crippen LogP contribution in [0.3, 0.4) is 0 Å². The van der Waals surface area contributed by atoms with Crippen molar-refractivity contribution in [2.45, 2.75) is 54.9 Å². The van der Waals surface area contributed by atoms with Crippen LogP contribution in [0.1, 0.15) is 46.6 Å². The standard InChI is InChI=1S/C37H37N3O6S2/c1-44-34(42)31(19-24-7-3-2-4-8-24)39-36(43)38-21-25-11-17-28(18-12-25)35-45-29(20-32(46-35)27-15-13-26(22-41)14-16-27)23-47-37-40-30-9-5-6-10-33(30)48-37/h2-18,29,31-32,35,41H,19-23H2,1H3,(H2,38,39,43). The molecule has 6 rings (SSSR count). The van der Waals surface area contributed by atoms with Crippen LogP contribution in [-0.2, 0) is 38.6 Å². The maximum Gasteiger partial charge on any atom is 0.328 e. The number of methoxy groups -OCH3 is 1. The maximum absolute atomic E-state index is 12.7. The molecule has 0 aliphatic carbocycles.